The van der Waals surface area contributed by atoms with Crippen LogP contribution in [0.25, 0.3) is 10.9 Å². The molecule has 1 saturated heterocycles. The lowest BCUT2D eigenvalue weighted by atomic mass is 9.69. The van der Waals surface area contributed by atoms with Gasteiger partial charge in [-0.2, -0.15) is 0 Å². The Morgan fingerprint density at radius 3 is 2.85 bits per heavy atom. The number of nitrogens with zero attached hydrogens (tertiary/aromatic N) is 2. The van der Waals surface area contributed by atoms with Crippen molar-refractivity contribution < 1.29 is 9.90 Å². The molecule has 2 aliphatic carbocycles. The van der Waals surface area contributed by atoms with Crippen LogP contribution in [0.5, 0.6) is 0 Å². The molecule has 4 heteroatoms. The molecule has 1 N–H and O–H groups in total. The molecule has 5 rings (SSSR count). The van der Waals surface area contributed by atoms with Gasteiger partial charge in [0.1, 0.15) is 0 Å². The molecule has 1 aromatic carbocycles. The zero-order valence-corrected chi connectivity index (χ0v) is 16.0. The van der Waals surface area contributed by atoms with Crippen molar-refractivity contribution >= 4 is 16.8 Å². The predicted octanol–water partition coefficient (Wildman–Crippen LogP) is 4.13. The van der Waals surface area contributed by atoms with Gasteiger partial charge in [-0.05, 0) is 50.2 Å². The smallest absolute Gasteiger partial charge is 0.254 e. The molecule has 3 aliphatic rings. The minimum Gasteiger partial charge on any atom is -0.390 e. The van der Waals surface area contributed by atoms with Crippen LogP contribution in [0.15, 0.2) is 30.3 Å². The average Bonchev–Trinajstić information content (AvgIpc) is 3.45. The number of carbonyl (C=O) groups is 1. The van der Waals surface area contributed by atoms with Crippen LogP contribution in [0.4, 0.5) is 0 Å². The van der Waals surface area contributed by atoms with Gasteiger partial charge >= 0.3 is 0 Å². The first-order valence-corrected chi connectivity index (χ1v) is 10.5. The van der Waals surface area contributed by atoms with Crippen molar-refractivity contribution in [3.8, 4) is 0 Å². The van der Waals surface area contributed by atoms with Crippen LogP contribution in [0.1, 0.15) is 67.4 Å². The van der Waals surface area contributed by atoms with Gasteiger partial charge in [-0.1, -0.05) is 31.5 Å². The van der Waals surface area contributed by atoms with Crippen molar-refractivity contribution in [2.75, 3.05) is 13.1 Å². The van der Waals surface area contributed by atoms with Gasteiger partial charge in [0.05, 0.1) is 16.7 Å². The summed E-state index contributed by atoms with van der Waals surface area (Å²) < 4.78 is 0. The molecule has 2 heterocycles. The zero-order chi connectivity index (χ0) is 18.6. The third kappa shape index (κ3) is 2.85. The lowest BCUT2D eigenvalue weighted by molar-refractivity contribution is -0.0609. The fraction of sp³-hybridized carbons (Fsp3) is 0.565. The van der Waals surface area contributed by atoms with E-state index in [9.17, 15) is 9.90 Å². The highest BCUT2D eigenvalue weighted by molar-refractivity contribution is 6.06. The zero-order valence-electron chi connectivity index (χ0n) is 16.0. The van der Waals surface area contributed by atoms with E-state index < -0.39 is 5.60 Å². The molecular weight excluding hydrogens is 336 g/mol. The van der Waals surface area contributed by atoms with Crippen molar-refractivity contribution in [3.05, 3.63) is 41.6 Å². The number of rotatable bonds is 3. The van der Waals surface area contributed by atoms with Crippen LogP contribution in [0, 0.1) is 11.8 Å². The highest BCUT2D eigenvalue weighted by atomic mass is 16.3. The number of aliphatic hydroxyl groups is 1. The van der Waals surface area contributed by atoms with Crippen LogP contribution in [0.2, 0.25) is 0 Å². The summed E-state index contributed by atoms with van der Waals surface area (Å²) >= 11 is 0. The standard InChI is InChI=1S/C23H28N2O2/c1-2-23(27)11-5-6-16-13-25(14-19(16)23)22(26)18-12-21(15-9-10-15)24-20-8-4-3-7-17(18)20/h3-4,7-8,12,15-16,19,27H,2,5-6,9-11,13-14H2,1H3/t16-,19+,23-/m1/s1. The highest BCUT2D eigenvalue weighted by Gasteiger charge is 2.48. The van der Waals surface area contributed by atoms with E-state index in [1.165, 1.54) is 12.8 Å². The quantitative estimate of drug-likeness (QED) is 0.891. The van der Waals surface area contributed by atoms with Crippen LogP contribution < -0.4 is 0 Å². The summed E-state index contributed by atoms with van der Waals surface area (Å²) in [6.07, 6.45) is 6.20. The number of aromatic nitrogens is 1. The number of amides is 1. The molecular formula is C23H28N2O2. The summed E-state index contributed by atoms with van der Waals surface area (Å²) in [4.78, 5) is 20.3. The minimum atomic E-state index is -0.600. The Morgan fingerprint density at radius 2 is 2.07 bits per heavy atom. The van der Waals surface area contributed by atoms with Crippen LogP contribution in [0.3, 0.4) is 0 Å². The van der Waals surface area contributed by atoms with Crippen LogP contribution in [-0.4, -0.2) is 39.6 Å². The van der Waals surface area contributed by atoms with Crippen molar-refractivity contribution in [2.45, 2.75) is 57.0 Å². The third-order valence-corrected chi connectivity index (χ3v) is 7.18. The van der Waals surface area contributed by atoms with E-state index in [0.717, 1.165) is 54.4 Å². The lowest BCUT2D eigenvalue weighted by Gasteiger charge is -2.40. The minimum absolute atomic E-state index is 0.114. The average molecular weight is 364 g/mol. The number of hydrogen-bond acceptors (Lipinski definition) is 3. The SMILES string of the molecule is CC[C@@]1(O)CCC[C@@H]2CN(C(=O)c3cc(C4CC4)nc4ccccc34)C[C@@H]21. The molecule has 1 aromatic heterocycles. The Kier molecular flexibility index (Phi) is 4.01. The number of likely N-dealkylation sites (tertiary alicyclic amines) is 1. The van der Waals surface area contributed by atoms with E-state index in [0.29, 0.717) is 18.4 Å². The van der Waals surface area contributed by atoms with E-state index in [1.54, 1.807) is 0 Å². The van der Waals surface area contributed by atoms with Crippen molar-refractivity contribution in [1.82, 2.24) is 9.88 Å². The van der Waals surface area contributed by atoms with Crippen molar-refractivity contribution in [3.63, 3.8) is 0 Å². The fourth-order valence-electron chi connectivity index (χ4n) is 5.36. The molecule has 1 aliphatic heterocycles. The molecule has 0 spiro atoms. The first-order valence-electron chi connectivity index (χ1n) is 10.5. The van der Waals surface area contributed by atoms with Gasteiger partial charge < -0.3 is 10.0 Å². The van der Waals surface area contributed by atoms with Gasteiger partial charge in [0.25, 0.3) is 5.91 Å². The van der Waals surface area contributed by atoms with E-state index in [-0.39, 0.29) is 11.8 Å². The summed E-state index contributed by atoms with van der Waals surface area (Å²) in [6, 6.07) is 10.0. The maximum Gasteiger partial charge on any atom is 0.254 e. The number of fused-ring (bicyclic) bond motifs is 2. The largest absolute Gasteiger partial charge is 0.390 e. The molecule has 3 fully saturated rings. The lowest BCUT2D eigenvalue weighted by Crippen LogP contribution is -2.44. The summed E-state index contributed by atoms with van der Waals surface area (Å²) in [6.45, 7) is 3.54. The van der Waals surface area contributed by atoms with Gasteiger partial charge in [0, 0.05) is 36.0 Å². The Bertz CT molecular complexity index is 891. The Morgan fingerprint density at radius 1 is 1.26 bits per heavy atom. The molecule has 0 radical (unpaired) electrons. The Labute approximate surface area is 160 Å². The van der Waals surface area contributed by atoms with Crippen LogP contribution in [-0.2, 0) is 0 Å². The van der Waals surface area contributed by atoms with Gasteiger partial charge in [0.2, 0.25) is 0 Å². The number of carbonyl (C=O) groups excluding carboxylic acids is 1. The molecule has 2 saturated carbocycles. The van der Waals surface area contributed by atoms with E-state index in [1.807, 2.05) is 35.2 Å². The first kappa shape index (κ1) is 17.2. The maximum atomic E-state index is 13.5. The topological polar surface area (TPSA) is 53.4 Å². The molecule has 4 nitrogen and oxygen atoms in total. The monoisotopic (exact) mass is 364 g/mol. The fourth-order valence-corrected chi connectivity index (χ4v) is 5.36. The number of hydrogen-bond donors (Lipinski definition) is 1. The second-order valence-electron chi connectivity index (χ2n) is 8.81. The number of para-hydroxylation sites is 1. The Balaban J connectivity index is 1.49. The summed E-state index contributed by atoms with van der Waals surface area (Å²) in [5, 5.41) is 12.0. The van der Waals surface area contributed by atoms with Gasteiger partial charge in [-0.15, -0.1) is 0 Å². The second kappa shape index (κ2) is 6.30. The first-order chi connectivity index (χ1) is 13.1. The van der Waals surface area contributed by atoms with E-state index >= 15 is 0 Å². The molecule has 27 heavy (non-hydrogen) atoms. The second-order valence-corrected chi connectivity index (χ2v) is 8.81. The molecule has 142 valence electrons. The maximum absolute atomic E-state index is 13.5. The van der Waals surface area contributed by atoms with E-state index in [2.05, 4.69) is 6.92 Å². The van der Waals surface area contributed by atoms with Gasteiger partial charge in [-0.3, -0.25) is 9.78 Å². The highest BCUT2D eigenvalue weighted by Crippen LogP contribution is 2.45. The van der Waals surface area contributed by atoms with Crippen molar-refractivity contribution in [2.24, 2.45) is 11.8 Å². The number of benzene rings is 1. The number of pyridine rings is 1. The van der Waals surface area contributed by atoms with Crippen LogP contribution >= 0.6 is 0 Å². The predicted molar refractivity (Wildman–Crippen MR) is 106 cm³/mol. The summed E-state index contributed by atoms with van der Waals surface area (Å²) in [5.41, 5.74) is 2.18. The summed E-state index contributed by atoms with van der Waals surface area (Å²) in [7, 11) is 0. The van der Waals surface area contributed by atoms with Crippen molar-refractivity contribution in [1.29, 1.82) is 0 Å². The molecule has 1 amide bonds. The molecule has 0 bridgehead atoms. The van der Waals surface area contributed by atoms with E-state index in [4.69, 9.17) is 4.98 Å². The third-order valence-electron chi connectivity index (χ3n) is 7.18. The normalized spacial score (nSPS) is 30.5. The molecule has 3 atom stereocenters. The Hall–Kier alpha value is -1.94. The summed E-state index contributed by atoms with van der Waals surface area (Å²) in [5.74, 6) is 1.29. The van der Waals surface area contributed by atoms with Gasteiger partial charge in [-0.25, -0.2) is 0 Å². The van der Waals surface area contributed by atoms with Gasteiger partial charge in [0.15, 0.2) is 0 Å². The molecule has 2 aromatic rings. The molecule has 0 unspecified atom stereocenters.